The monoisotopic (exact) mass is 298 g/mol. The average molecular weight is 298 g/mol. The van der Waals surface area contributed by atoms with E-state index in [-0.39, 0.29) is 35.2 Å². The highest BCUT2D eigenvalue weighted by molar-refractivity contribution is 6.21. The second-order valence-corrected chi connectivity index (χ2v) is 6.36. The normalized spacial score (nSPS) is 21.7. The molecule has 1 aromatic rings. The van der Waals surface area contributed by atoms with Crippen molar-refractivity contribution in [3.63, 3.8) is 0 Å². The zero-order chi connectivity index (χ0) is 15.7. The van der Waals surface area contributed by atoms with Gasteiger partial charge in [-0.05, 0) is 48.3 Å². The molecule has 0 aliphatic heterocycles. The van der Waals surface area contributed by atoms with Crippen LogP contribution in [0.15, 0.2) is 29.5 Å². The molecule has 1 N–H and O–H groups in total. The van der Waals surface area contributed by atoms with Gasteiger partial charge in [-0.3, -0.25) is 9.59 Å². The van der Waals surface area contributed by atoms with Gasteiger partial charge in [0, 0.05) is 19.3 Å². The van der Waals surface area contributed by atoms with E-state index >= 15 is 0 Å². The van der Waals surface area contributed by atoms with Crippen LogP contribution in [0.1, 0.15) is 61.6 Å². The Morgan fingerprint density at radius 3 is 2.59 bits per heavy atom. The second-order valence-electron chi connectivity index (χ2n) is 6.36. The Labute approximate surface area is 131 Å². The number of fused-ring (bicyclic) bond motifs is 1. The third-order valence-corrected chi connectivity index (χ3v) is 4.88. The van der Waals surface area contributed by atoms with Crippen LogP contribution in [0, 0.1) is 0 Å². The van der Waals surface area contributed by atoms with Crippen molar-refractivity contribution in [3.05, 3.63) is 46.2 Å². The SMILES string of the molecule is CCC(=O)C1=C(O)CC(c2ccc3c(c2)CCCC3)CC1=O. The van der Waals surface area contributed by atoms with Gasteiger partial charge < -0.3 is 5.11 Å². The van der Waals surface area contributed by atoms with Crippen molar-refractivity contribution >= 4 is 11.6 Å². The Kier molecular flexibility index (Phi) is 4.14. The highest BCUT2D eigenvalue weighted by atomic mass is 16.3. The van der Waals surface area contributed by atoms with E-state index in [0.29, 0.717) is 12.8 Å². The van der Waals surface area contributed by atoms with E-state index in [1.165, 1.54) is 24.0 Å². The lowest BCUT2D eigenvalue weighted by Gasteiger charge is -2.25. The first-order chi connectivity index (χ1) is 10.6. The van der Waals surface area contributed by atoms with Crippen molar-refractivity contribution in [2.45, 2.75) is 57.8 Å². The second kappa shape index (κ2) is 6.07. The predicted molar refractivity (Wildman–Crippen MR) is 85.0 cm³/mol. The molecule has 2 aliphatic rings. The molecule has 0 fully saturated rings. The summed E-state index contributed by atoms with van der Waals surface area (Å²) in [6.07, 6.45) is 5.69. The predicted octanol–water partition coefficient (Wildman–Crippen LogP) is 3.80. The molecule has 0 radical (unpaired) electrons. The fourth-order valence-electron chi connectivity index (χ4n) is 3.63. The van der Waals surface area contributed by atoms with Crippen LogP contribution in [0.4, 0.5) is 0 Å². The molecule has 3 rings (SSSR count). The molecule has 0 heterocycles. The number of benzene rings is 1. The number of carbonyl (C=O) groups excluding carboxylic acids is 2. The van der Waals surface area contributed by atoms with E-state index in [1.54, 1.807) is 6.92 Å². The number of hydrogen-bond donors (Lipinski definition) is 1. The van der Waals surface area contributed by atoms with Crippen LogP contribution in [-0.4, -0.2) is 16.7 Å². The molecule has 2 aliphatic carbocycles. The van der Waals surface area contributed by atoms with Gasteiger partial charge in [-0.15, -0.1) is 0 Å². The highest BCUT2D eigenvalue weighted by Crippen LogP contribution is 2.35. The molecule has 1 atom stereocenters. The van der Waals surface area contributed by atoms with Gasteiger partial charge >= 0.3 is 0 Å². The summed E-state index contributed by atoms with van der Waals surface area (Å²) in [5, 5.41) is 10.1. The third-order valence-electron chi connectivity index (χ3n) is 4.88. The third kappa shape index (κ3) is 2.72. The minimum absolute atomic E-state index is 0.00636. The minimum Gasteiger partial charge on any atom is -0.511 e. The van der Waals surface area contributed by atoms with E-state index in [4.69, 9.17) is 0 Å². The van der Waals surface area contributed by atoms with Crippen LogP contribution in [0.3, 0.4) is 0 Å². The van der Waals surface area contributed by atoms with E-state index in [0.717, 1.165) is 18.4 Å². The summed E-state index contributed by atoms with van der Waals surface area (Å²) in [5.41, 5.74) is 3.95. The van der Waals surface area contributed by atoms with Crippen molar-refractivity contribution in [1.82, 2.24) is 0 Å². The Morgan fingerprint density at radius 2 is 1.91 bits per heavy atom. The smallest absolute Gasteiger partial charge is 0.170 e. The first-order valence-electron chi connectivity index (χ1n) is 8.20. The maximum absolute atomic E-state index is 12.2. The van der Waals surface area contributed by atoms with Crippen LogP contribution in [0.5, 0.6) is 0 Å². The van der Waals surface area contributed by atoms with Crippen molar-refractivity contribution in [3.8, 4) is 0 Å². The molecule has 22 heavy (non-hydrogen) atoms. The van der Waals surface area contributed by atoms with Crippen LogP contribution >= 0.6 is 0 Å². The van der Waals surface area contributed by atoms with Gasteiger partial charge in [0.2, 0.25) is 0 Å². The zero-order valence-corrected chi connectivity index (χ0v) is 13.0. The van der Waals surface area contributed by atoms with Crippen LogP contribution < -0.4 is 0 Å². The van der Waals surface area contributed by atoms with Crippen LogP contribution in [0.25, 0.3) is 0 Å². The minimum atomic E-state index is -0.244. The summed E-state index contributed by atoms with van der Waals surface area (Å²) in [6.45, 7) is 1.71. The van der Waals surface area contributed by atoms with E-state index in [2.05, 4.69) is 18.2 Å². The molecular weight excluding hydrogens is 276 g/mol. The molecule has 0 spiro atoms. The molecule has 0 aromatic heterocycles. The zero-order valence-electron chi connectivity index (χ0n) is 13.0. The van der Waals surface area contributed by atoms with Gasteiger partial charge in [0.15, 0.2) is 11.6 Å². The topological polar surface area (TPSA) is 54.4 Å². The molecule has 1 aromatic carbocycles. The maximum Gasteiger partial charge on any atom is 0.170 e. The highest BCUT2D eigenvalue weighted by Gasteiger charge is 2.31. The van der Waals surface area contributed by atoms with E-state index in [1.807, 2.05) is 0 Å². The average Bonchev–Trinajstić information content (AvgIpc) is 2.53. The Bertz CT molecular complexity index is 655. The lowest BCUT2D eigenvalue weighted by atomic mass is 9.79. The number of rotatable bonds is 3. The summed E-state index contributed by atoms with van der Waals surface area (Å²) >= 11 is 0. The van der Waals surface area contributed by atoms with Crippen molar-refractivity contribution in [2.75, 3.05) is 0 Å². The summed E-state index contributed by atoms with van der Waals surface area (Å²) in [6, 6.07) is 6.45. The van der Waals surface area contributed by atoms with Crippen LogP contribution in [-0.2, 0) is 22.4 Å². The quantitative estimate of drug-likeness (QED) is 0.863. The van der Waals surface area contributed by atoms with E-state index < -0.39 is 0 Å². The standard InChI is InChI=1S/C19H22O3/c1-2-16(20)19-17(21)10-15(11-18(19)22)14-8-7-12-5-3-4-6-13(12)9-14/h7-9,15,21H,2-6,10-11H2,1H3. The number of aliphatic hydroxyl groups excluding tert-OH is 1. The Morgan fingerprint density at radius 1 is 1.18 bits per heavy atom. The lowest BCUT2D eigenvalue weighted by molar-refractivity contribution is -0.122. The van der Waals surface area contributed by atoms with E-state index in [9.17, 15) is 14.7 Å². The number of ketones is 2. The fraction of sp³-hybridized carbons (Fsp3) is 0.474. The Balaban J connectivity index is 1.87. The molecule has 0 saturated heterocycles. The largest absolute Gasteiger partial charge is 0.511 e. The number of Topliss-reactive ketones (excluding diaryl/α,β-unsaturated/α-hetero) is 2. The maximum atomic E-state index is 12.2. The van der Waals surface area contributed by atoms with Crippen LogP contribution in [0.2, 0.25) is 0 Å². The molecule has 0 saturated carbocycles. The van der Waals surface area contributed by atoms with Gasteiger partial charge in [0.25, 0.3) is 0 Å². The Hall–Kier alpha value is -1.90. The molecule has 3 nitrogen and oxygen atoms in total. The molecule has 0 bridgehead atoms. The van der Waals surface area contributed by atoms with Gasteiger partial charge in [-0.1, -0.05) is 25.1 Å². The molecule has 3 heteroatoms. The fourth-order valence-corrected chi connectivity index (χ4v) is 3.63. The lowest BCUT2D eigenvalue weighted by Crippen LogP contribution is -2.23. The molecular formula is C19H22O3. The number of allylic oxidation sites excluding steroid dienone is 2. The van der Waals surface area contributed by atoms with Gasteiger partial charge in [-0.2, -0.15) is 0 Å². The van der Waals surface area contributed by atoms with Crippen molar-refractivity contribution in [1.29, 1.82) is 0 Å². The molecule has 0 amide bonds. The first-order valence-corrected chi connectivity index (χ1v) is 8.20. The number of aryl methyl sites for hydroxylation is 2. The van der Waals surface area contributed by atoms with Gasteiger partial charge in [0.1, 0.15) is 5.76 Å². The first kappa shape index (κ1) is 15.0. The summed E-state index contributed by atoms with van der Waals surface area (Å²) in [4.78, 5) is 24.0. The molecule has 116 valence electrons. The summed E-state index contributed by atoms with van der Waals surface area (Å²) in [5.74, 6) is -0.483. The number of carbonyl (C=O) groups is 2. The molecule has 1 unspecified atom stereocenters. The van der Waals surface area contributed by atoms with Gasteiger partial charge in [-0.25, -0.2) is 0 Å². The summed E-state index contributed by atoms with van der Waals surface area (Å²) in [7, 11) is 0. The van der Waals surface area contributed by atoms with Crippen molar-refractivity contribution in [2.24, 2.45) is 0 Å². The van der Waals surface area contributed by atoms with Gasteiger partial charge in [0.05, 0.1) is 5.57 Å². The van der Waals surface area contributed by atoms with Crippen molar-refractivity contribution < 1.29 is 14.7 Å². The number of hydrogen-bond acceptors (Lipinski definition) is 3. The number of aliphatic hydroxyl groups is 1. The summed E-state index contributed by atoms with van der Waals surface area (Å²) < 4.78 is 0.